The standard InChI is InChI=1S/C59H74N6O11/c1-11-55(62-47(67)38-20-18-36(19-21-38)32-60-53(70)76-54(4,5)6)30-37-31-58(51(68)73-9,46-40(22-26-64(33-37)34-55)39-16-13-14-17-43(39)61-46)42-28-41-44(29-45(42)72-8)63(7)49-57(41)24-27-65-25-15-23-56(12-2,48(57)65)50(75-35(3)66)59(49,71)52(69)74-10/h13-21,23,28-29,37,48-50,61,71H,11-12,22,24-27,30-34H2,1-10H3,(H,60,70)(H,62,67)/t37-,48+,49-,50-,55+,56-,57-,58+,59+/m1/s1. The third-order valence-corrected chi connectivity index (χ3v) is 18.1. The molecule has 3 aromatic carbocycles. The molecular weight excluding hydrogens is 969 g/mol. The first kappa shape index (κ1) is 53.0. The highest BCUT2D eigenvalue weighted by Gasteiger charge is 2.80. The number of nitrogens with one attached hydrogen (secondary N) is 3. The van der Waals surface area contributed by atoms with Crippen LogP contribution in [0.15, 0.2) is 72.8 Å². The van der Waals surface area contributed by atoms with E-state index in [1.807, 2.05) is 88.2 Å². The van der Waals surface area contributed by atoms with E-state index in [9.17, 15) is 24.3 Å². The highest BCUT2D eigenvalue weighted by atomic mass is 16.6. The van der Waals surface area contributed by atoms with Crippen LogP contribution >= 0.6 is 0 Å². The second kappa shape index (κ2) is 19.2. The fraction of sp³-hybridized carbons (Fsp3) is 0.542. The Kier molecular flexibility index (Phi) is 13.4. The topological polar surface area (TPSA) is 201 Å². The molecule has 1 unspecified atom stereocenters. The molecule has 1 aliphatic carbocycles. The molecule has 1 saturated carbocycles. The predicted molar refractivity (Wildman–Crippen MR) is 285 cm³/mol. The van der Waals surface area contributed by atoms with Crippen molar-refractivity contribution in [1.29, 1.82) is 0 Å². The molecule has 76 heavy (non-hydrogen) atoms. The summed E-state index contributed by atoms with van der Waals surface area (Å²) in [6, 6.07) is 18.0. The van der Waals surface area contributed by atoms with E-state index in [0.29, 0.717) is 93.1 Å². The number of nitrogens with zero attached hydrogens (tertiary/aromatic N) is 3. The second-order valence-corrected chi connectivity index (χ2v) is 23.3. The number of fused-ring (bicyclic) bond motifs is 6. The number of carbonyl (C=O) groups excluding carboxylic acids is 5. The molecule has 2 amide bonds. The average molecular weight is 1040 g/mol. The number of hydrogen-bond donors (Lipinski definition) is 4. The molecule has 0 radical (unpaired) electrons. The summed E-state index contributed by atoms with van der Waals surface area (Å²) in [5, 5.41) is 20.8. The third kappa shape index (κ3) is 8.07. The van der Waals surface area contributed by atoms with Crippen molar-refractivity contribution in [2.24, 2.45) is 11.3 Å². The van der Waals surface area contributed by atoms with Gasteiger partial charge in [0.1, 0.15) is 16.8 Å². The Bertz CT molecular complexity index is 3000. The van der Waals surface area contributed by atoms with Gasteiger partial charge in [-0.05, 0) is 113 Å². The average Bonchev–Trinajstić information content (AvgIpc) is 4.11. The lowest BCUT2D eigenvalue weighted by atomic mass is 9.47. The Balaban J connectivity index is 1.11. The highest BCUT2D eigenvalue weighted by molar-refractivity contribution is 5.96. The lowest BCUT2D eigenvalue weighted by molar-refractivity contribution is -0.228. The van der Waals surface area contributed by atoms with Crippen molar-refractivity contribution in [2.75, 3.05) is 66.0 Å². The molecule has 6 heterocycles. The van der Waals surface area contributed by atoms with Crippen LogP contribution < -0.4 is 20.3 Å². The molecule has 5 aliphatic heterocycles. The summed E-state index contributed by atoms with van der Waals surface area (Å²) in [6.07, 6.45) is 5.23. The molecule has 17 heteroatoms. The SMILES string of the molecule is CC[C@]1(NC(=O)c2ccc(CNC(=O)OC(C)(C)C)cc2)C[C@H]2CN(CCc3c([nH]c4ccccc34)[C@@](C(=O)OC)(c3cc4c(cc3OC)N(C)[C@H]3[C@@](O)(C(=O)OC)[C@H](OC(C)=O)[C@]5(CC)C=CCN6CC[C@]43[C@@H]65)C2)C1. The minimum Gasteiger partial charge on any atom is -0.496 e. The number of aromatic amines is 1. The number of carbonyl (C=O) groups is 5. The molecule has 3 fully saturated rings. The Labute approximate surface area is 444 Å². The maximum atomic E-state index is 15.8. The van der Waals surface area contributed by atoms with Crippen molar-refractivity contribution in [3.05, 3.63) is 106 Å². The molecule has 406 valence electrons. The Morgan fingerprint density at radius 2 is 1.63 bits per heavy atom. The number of alkyl carbamates (subject to hydrolysis) is 1. The van der Waals surface area contributed by atoms with Crippen LogP contribution in [0.2, 0.25) is 0 Å². The van der Waals surface area contributed by atoms with Crippen LogP contribution in [0.4, 0.5) is 10.5 Å². The number of amides is 2. The van der Waals surface area contributed by atoms with Gasteiger partial charge in [-0.25, -0.2) is 9.59 Å². The monoisotopic (exact) mass is 1040 g/mol. The highest BCUT2D eigenvalue weighted by Crippen LogP contribution is 2.68. The number of H-pyrrole nitrogens is 1. The molecule has 6 aliphatic rings. The molecule has 4 aromatic rings. The number of likely N-dealkylation sites (N-methyl/N-ethyl adjacent to an activating group) is 1. The van der Waals surface area contributed by atoms with E-state index in [2.05, 4.69) is 44.5 Å². The van der Waals surface area contributed by atoms with Gasteiger partial charge in [-0.3, -0.25) is 19.3 Å². The van der Waals surface area contributed by atoms with Gasteiger partial charge in [0.15, 0.2) is 6.10 Å². The van der Waals surface area contributed by atoms with Gasteiger partial charge >= 0.3 is 24.0 Å². The van der Waals surface area contributed by atoms with Gasteiger partial charge in [0.05, 0.1) is 32.9 Å². The first-order valence-electron chi connectivity index (χ1n) is 26.8. The minimum atomic E-state index is -2.35. The second-order valence-electron chi connectivity index (χ2n) is 23.3. The summed E-state index contributed by atoms with van der Waals surface area (Å²) >= 11 is 0. The molecular formula is C59H74N6O11. The number of esters is 3. The van der Waals surface area contributed by atoms with E-state index in [1.165, 1.54) is 21.1 Å². The lowest BCUT2D eigenvalue weighted by Gasteiger charge is -2.63. The maximum Gasteiger partial charge on any atom is 0.407 e. The van der Waals surface area contributed by atoms with Gasteiger partial charge in [-0.1, -0.05) is 56.3 Å². The lowest BCUT2D eigenvalue weighted by Crippen LogP contribution is -2.81. The fourth-order valence-electron chi connectivity index (χ4n) is 15.3. The van der Waals surface area contributed by atoms with Crippen LogP contribution in [-0.4, -0.2) is 146 Å². The molecule has 10 rings (SSSR count). The summed E-state index contributed by atoms with van der Waals surface area (Å²) < 4.78 is 29.7. The van der Waals surface area contributed by atoms with Gasteiger partial charge < -0.3 is 54.2 Å². The molecule has 4 N–H and O–H groups in total. The van der Waals surface area contributed by atoms with Crippen LogP contribution in [0.25, 0.3) is 10.9 Å². The van der Waals surface area contributed by atoms with Crippen molar-refractivity contribution in [3.63, 3.8) is 0 Å². The number of anilines is 1. The molecule has 1 aromatic heterocycles. The van der Waals surface area contributed by atoms with Crippen molar-refractivity contribution >= 4 is 46.5 Å². The summed E-state index contributed by atoms with van der Waals surface area (Å²) in [6.45, 7) is 14.2. The Hall–Kier alpha value is -6.43. The number of ether oxygens (including phenoxy) is 5. The summed E-state index contributed by atoms with van der Waals surface area (Å²) in [5.74, 6) is -1.99. The van der Waals surface area contributed by atoms with Gasteiger partial charge in [0.25, 0.3) is 5.91 Å². The quantitative estimate of drug-likeness (QED) is 0.0725. The molecule has 2 bridgehead atoms. The summed E-state index contributed by atoms with van der Waals surface area (Å²) in [5.41, 5.74) is -1.22. The van der Waals surface area contributed by atoms with Crippen LogP contribution in [0.5, 0.6) is 5.75 Å². The van der Waals surface area contributed by atoms with Crippen molar-refractivity contribution in [2.45, 2.75) is 132 Å². The van der Waals surface area contributed by atoms with Crippen LogP contribution in [-0.2, 0) is 57.1 Å². The summed E-state index contributed by atoms with van der Waals surface area (Å²) in [4.78, 5) is 81.0. The molecule has 17 nitrogen and oxygen atoms in total. The largest absolute Gasteiger partial charge is 0.496 e. The number of hydrogen-bond acceptors (Lipinski definition) is 14. The van der Waals surface area contributed by atoms with Crippen LogP contribution in [0.1, 0.15) is 112 Å². The fourth-order valence-corrected chi connectivity index (χ4v) is 15.3. The Morgan fingerprint density at radius 3 is 2.30 bits per heavy atom. The third-order valence-electron chi connectivity index (χ3n) is 18.1. The van der Waals surface area contributed by atoms with E-state index >= 15 is 4.79 Å². The smallest absolute Gasteiger partial charge is 0.407 e. The number of rotatable bonds is 11. The molecule has 2 saturated heterocycles. The van der Waals surface area contributed by atoms with Gasteiger partial charge in [0.2, 0.25) is 5.60 Å². The zero-order valence-electron chi connectivity index (χ0n) is 45.6. The minimum absolute atomic E-state index is 0.180. The van der Waals surface area contributed by atoms with Gasteiger partial charge in [0, 0.05) is 103 Å². The van der Waals surface area contributed by atoms with Crippen molar-refractivity contribution in [3.8, 4) is 5.75 Å². The van der Waals surface area contributed by atoms with Gasteiger partial charge in [-0.2, -0.15) is 0 Å². The number of piperidine rings is 1. The zero-order chi connectivity index (χ0) is 54.3. The van der Waals surface area contributed by atoms with Crippen molar-refractivity contribution < 1.29 is 52.8 Å². The Morgan fingerprint density at radius 1 is 0.895 bits per heavy atom. The van der Waals surface area contributed by atoms with E-state index in [4.69, 9.17) is 23.7 Å². The normalized spacial score (nSPS) is 31.3. The van der Waals surface area contributed by atoms with Crippen LogP contribution in [0, 0.1) is 11.3 Å². The van der Waals surface area contributed by atoms with Gasteiger partial charge in [-0.15, -0.1) is 0 Å². The van der Waals surface area contributed by atoms with E-state index in [-0.39, 0.29) is 30.8 Å². The number of methoxy groups -OCH3 is 3. The molecule has 10 atom stereocenters. The maximum absolute atomic E-state index is 15.8. The summed E-state index contributed by atoms with van der Waals surface area (Å²) in [7, 11) is 6.12. The van der Waals surface area contributed by atoms with Crippen LogP contribution in [0.3, 0.4) is 0 Å². The number of aliphatic hydroxyl groups is 1. The van der Waals surface area contributed by atoms with E-state index in [0.717, 1.165) is 27.6 Å². The number of para-hydroxylation sites is 1. The predicted octanol–water partition coefficient (Wildman–Crippen LogP) is 6.45. The first-order chi connectivity index (χ1) is 36.2. The number of aromatic nitrogens is 1. The molecule has 1 spiro atoms. The van der Waals surface area contributed by atoms with E-state index < -0.39 is 69.1 Å². The zero-order valence-corrected chi connectivity index (χ0v) is 45.6. The first-order valence-corrected chi connectivity index (χ1v) is 26.8. The van der Waals surface area contributed by atoms with Crippen molar-refractivity contribution in [1.82, 2.24) is 25.4 Å². The number of benzene rings is 3. The van der Waals surface area contributed by atoms with E-state index in [1.54, 1.807) is 19.2 Å².